The minimum Gasteiger partial charge on any atom is -0.339 e. The first-order chi connectivity index (χ1) is 13.4. The Morgan fingerprint density at radius 1 is 0.893 bits per heavy atom. The largest absolute Gasteiger partial charge is 0.339 e. The van der Waals surface area contributed by atoms with E-state index in [1.165, 1.54) is 19.3 Å². The number of hydrogen-bond donors (Lipinski definition) is 0. The summed E-state index contributed by atoms with van der Waals surface area (Å²) in [5.41, 5.74) is 0. The second kappa shape index (κ2) is 8.31. The van der Waals surface area contributed by atoms with Crippen LogP contribution in [0.5, 0.6) is 0 Å². The van der Waals surface area contributed by atoms with Crippen molar-refractivity contribution >= 4 is 11.8 Å². The van der Waals surface area contributed by atoms with Gasteiger partial charge in [0.15, 0.2) is 0 Å². The van der Waals surface area contributed by atoms with E-state index in [0.717, 1.165) is 51.6 Å². The van der Waals surface area contributed by atoms with Crippen molar-refractivity contribution in [1.29, 1.82) is 0 Å². The van der Waals surface area contributed by atoms with Crippen LogP contribution in [-0.2, 0) is 9.59 Å². The lowest BCUT2D eigenvalue weighted by Gasteiger charge is -2.29. The van der Waals surface area contributed by atoms with Crippen molar-refractivity contribution in [2.45, 2.75) is 83.5 Å². The van der Waals surface area contributed by atoms with Gasteiger partial charge >= 0.3 is 0 Å². The lowest BCUT2D eigenvalue weighted by atomic mass is 10.1. The van der Waals surface area contributed by atoms with Crippen LogP contribution >= 0.6 is 0 Å². The van der Waals surface area contributed by atoms with Gasteiger partial charge in [0.1, 0.15) is 0 Å². The molecule has 4 fully saturated rings. The van der Waals surface area contributed by atoms with Gasteiger partial charge in [0.05, 0.1) is 6.54 Å². The molecular formula is C22H38N4O2. The normalized spacial score (nSPS) is 31.9. The summed E-state index contributed by atoms with van der Waals surface area (Å²) < 4.78 is 0. The fraction of sp³-hybridized carbons (Fsp3) is 0.909. The van der Waals surface area contributed by atoms with Crippen molar-refractivity contribution in [3.8, 4) is 0 Å². The van der Waals surface area contributed by atoms with Crippen molar-refractivity contribution < 1.29 is 9.59 Å². The molecule has 2 aliphatic heterocycles. The predicted octanol–water partition coefficient (Wildman–Crippen LogP) is 1.79. The molecule has 0 spiro atoms. The third kappa shape index (κ3) is 4.54. The van der Waals surface area contributed by atoms with Gasteiger partial charge in [-0.05, 0) is 58.8 Å². The standard InChI is InChI=1S/C22H38N4O2/c1-16(2)25-9-4-8-24(15-22(25)28)20-14-18(20)13-17(3)26-12-11-23(19-5-6-19)10-7-21(26)27/h16-20H,4-15H2,1-3H3. The van der Waals surface area contributed by atoms with Gasteiger partial charge in [0, 0.05) is 63.3 Å². The number of amides is 2. The SMILES string of the molecule is CC(C)N1CCCN(C2CC2CC(C)N2CCN(C3CC3)CCC2=O)CC1=O. The van der Waals surface area contributed by atoms with Crippen LogP contribution in [0.2, 0.25) is 0 Å². The van der Waals surface area contributed by atoms with Crippen LogP contribution in [-0.4, -0.2) is 94.8 Å². The molecule has 0 radical (unpaired) electrons. The molecule has 4 rings (SSSR count). The Hall–Kier alpha value is -1.14. The van der Waals surface area contributed by atoms with Crippen LogP contribution in [0.15, 0.2) is 0 Å². The molecule has 0 N–H and O–H groups in total. The molecule has 0 bridgehead atoms. The van der Waals surface area contributed by atoms with Crippen LogP contribution in [0, 0.1) is 5.92 Å². The van der Waals surface area contributed by atoms with Gasteiger partial charge in [-0.25, -0.2) is 0 Å². The summed E-state index contributed by atoms with van der Waals surface area (Å²) in [6, 6.07) is 1.91. The molecule has 0 aromatic carbocycles. The van der Waals surface area contributed by atoms with E-state index in [4.69, 9.17) is 0 Å². The third-order valence-electron chi connectivity index (χ3n) is 7.28. The Kier molecular flexibility index (Phi) is 5.98. The maximum absolute atomic E-state index is 12.7. The van der Waals surface area contributed by atoms with Crippen LogP contribution in [0.3, 0.4) is 0 Å². The van der Waals surface area contributed by atoms with E-state index in [1.807, 2.05) is 4.90 Å². The quantitative estimate of drug-likeness (QED) is 0.694. The molecule has 0 aromatic rings. The smallest absolute Gasteiger partial charge is 0.236 e. The van der Waals surface area contributed by atoms with Crippen LogP contribution in [0.25, 0.3) is 0 Å². The molecule has 2 aliphatic carbocycles. The summed E-state index contributed by atoms with van der Waals surface area (Å²) >= 11 is 0. The topological polar surface area (TPSA) is 47.1 Å². The van der Waals surface area contributed by atoms with Gasteiger partial charge in [-0.15, -0.1) is 0 Å². The molecular weight excluding hydrogens is 352 g/mol. The van der Waals surface area contributed by atoms with Crippen LogP contribution < -0.4 is 0 Å². The molecule has 2 saturated heterocycles. The average Bonchev–Trinajstić information content (AvgIpc) is 3.51. The number of rotatable bonds is 6. The number of nitrogens with zero attached hydrogens (tertiary/aromatic N) is 4. The summed E-state index contributed by atoms with van der Waals surface area (Å²) in [6.07, 6.45) is 6.66. The number of hydrogen-bond acceptors (Lipinski definition) is 4. The minimum atomic E-state index is 0.286. The van der Waals surface area contributed by atoms with Gasteiger partial charge in [-0.3, -0.25) is 19.4 Å². The van der Waals surface area contributed by atoms with Crippen molar-refractivity contribution in [3.05, 3.63) is 0 Å². The Morgan fingerprint density at radius 3 is 2.39 bits per heavy atom. The van der Waals surface area contributed by atoms with E-state index in [-0.39, 0.29) is 5.91 Å². The van der Waals surface area contributed by atoms with Gasteiger partial charge in [0.25, 0.3) is 0 Å². The fourth-order valence-electron chi connectivity index (χ4n) is 5.37. The van der Waals surface area contributed by atoms with Crippen molar-refractivity contribution in [2.75, 3.05) is 39.3 Å². The molecule has 6 heteroatoms. The van der Waals surface area contributed by atoms with Crippen molar-refractivity contribution in [2.24, 2.45) is 5.92 Å². The lowest BCUT2D eigenvalue weighted by Crippen LogP contribution is -2.42. The van der Waals surface area contributed by atoms with E-state index in [2.05, 4.69) is 35.5 Å². The molecule has 2 heterocycles. The highest BCUT2D eigenvalue weighted by Crippen LogP contribution is 2.41. The van der Waals surface area contributed by atoms with E-state index >= 15 is 0 Å². The van der Waals surface area contributed by atoms with Crippen LogP contribution in [0.4, 0.5) is 0 Å². The van der Waals surface area contributed by atoms with Gasteiger partial charge < -0.3 is 9.80 Å². The van der Waals surface area contributed by atoms with Crippen molar-refractivity contribution in [1.82, 2.24) is 19.6 Å². The Bertz CT molecular complexity index is 591. The highest BCUT2D eigenvalue weighted by atomic mass is 16.2. The summed E-state index contributed by atoms with van der Waals surface area (Å²) in [5.74, 6) is 1.27. The van der Waals surface area contributed by atoms with E-state index < -0.39 is 0 Å². The Labute approximate surface area is 170 Å². The monoisotopic (exact) mass is 390 g/mol. The van der Waals surface area contributed by atoms with Gasteiger partial charge in [-0.2, -0.15) is 0 Å². The van der Waals surface area contributed by atoms with Crippen molar-refractivity contribution in [3.63, 3.8) is 0 Å². The van der Waals surface area contributed by atoms with E-state index in [1.54, 1.807) is 0 Å². The molecule has 3 unspecified atom stereocenters. The maximum atomic E-state index is 12.7. The predicted molar refractivity (Wildman–Crippen MR) is 110 cm³/mol. The zero-order valence-corrected chi connectivity index (χ0v) is 18.0. The minimum absolute atomic E-state index is 0.286. The molecule has 2 saturated carbocycles. The molecule has 0 aromatic heterocycles. The Morgan fingerprint density at radius 2 is 1.68 bits per heavy atom. The molecule has 4 aliphatic rings. The van der Waals surface area contributed by atoms with Gasteiger partial charge in [0.2, 0.25) is 11.8 Å². The summed E-state index contributed by atoms with van der Waals surface area (Å²) in [4.78, 5) is 34.3. The average molecular weight is 391 g/mol. The van der Waals surface area contributed by atoms with Gasteiger partial charge in [-0.1, -0.05) is 0 Å². The van der Waals surface area contributed by atoms with Crippen LogP contribution in [0.1, 0.15) is 59.3 Å². The highest BCUT2D eigenvalue weighted by Gasteiger charge is 2.44. The Balaban J connectivity index is 1.27. The third-order valence-corrected chi connectivity index (χ3v) is 7.28. The first kappa shape index (κ1) is 20.1. The number of carbonyl (C=O) groups is 2. The van der Waals surface area contributed by atoms with E-state index in [0.29, 0.717) is 42.9 Å². The molecule has 3 atom stereocenters. The zero-order valence-electron chi connectivity index (χ0n) is 18.0. The van der Waals surface area contributed by atoms with E-state index in [9.17, 15) is 9.59 Å². The zero-order chi connectivity index (χ0) is 19.8. The first-order valence-electron chi connectivity index (χ1n) is 11.5. The maximum Gasteiger partial charge on any atom is 0.236 e. The first-order valence-corrected chi connectivity index (χ1v) is 11.5. The molecule has 6 nitrogen and oxygen atoms in total. The number of carbonyl (C=O) groups excluding carboxylic acids is 2. The fourth-order valence-corrected chi connectivity index (χ4v) is 5.37. The lowest BCUT2D eigenvalue weighted by molar-refractivity contribution is -0.133. The second-order valence-corrected chi connectivity index (χ2v) is 9.76. The molecule has 28 heavy (non-hydrogen) atoms. The summed E-state index contributed by atoms with van der Waals surface area (Å²) in [6.45, 7) is 11.8. The summed E-state index contributed by atoms with van der Waals surface area (Å²) in [7, 11) is 0. The second-order valence-electron chi connectivity index (χ2n) is 9.76. The summed E-state index contributed by atoms with van der Waals surface area (Å²) in [5, 5.41) is 0. The highest BCUT2D eigenvalue weighted by molar-refractivity contribution is 5.79. The molecule has 2 amide bonds. The molecule has 158 valence electrons.